The van der Waals surface area contributed by atoms with Crippen molar-refractivity contribution < 1.29 is 28.6 Å². The average molecular weight is 886 g/mol. The molecule has 4 aliphatic rings. The van der Waals surface area contributed by atoms with Gasteiger partial charge >= 0.3 is 5.97 Å². The number of esters is 1. The van der Waals surface area contributed by atoms with Crippen LogP contribution in [0, 0.1) is 5.92 Å². The number of aromatic nitrogens is 1. The van der Waals surface area contributed by atoms with Gasteiger partial charge in [0, 0.05) is 49.1 Å². The number of piperidine rings is 3. The summed E-state index contributed by atoms with van der Waals surface area (Å²) < 4.78 is 19.1. The molecule has 4 heterocycles. The molecule has 2 bridgehead atoms. The van der Waals surface area contributed by atoms with Crippen LogP contribution in [0.5, 0.6) is 11.5 Å². The van der Waals surface area contributed by atoms with E-state index in [0.29, 0.717) is 65.6 Å². The largest absolute Gasteiger partial charge is 0.506 e. The maximum Gasteiger partial charge on any atom is 0.316 e. The van der Waals surface area contributed by atoms with Gasteiger partial charge in [-0.1, -0.05) is 82.0 Å². The minimum absolute atomic E-state index is 0.000696. The summed E-state index contributed by atoms with van der Waals surface area (Å²) in [6.45, 7) is 14.9. The van der Waals surface area contributed by atoms with E-state index in [1.165, 1.54) is 6.07 Å². The Hall–Kier alpha value is -4.20. The van der Waals surface area contributed by atoms with Gasteiger partial charge in [-0.25, -0.2) is 0 Å². The van der Waals surface area contributed by atoms with Gasteiger partial charge in [-0.2, -0.15) is 0 Å². The van der Waals surface area contributed by atoms with Gasteiger partial charge < -0.3 is 34.6 Å². The number of halogens is 1. The SMILES string of the molecule is COc1cc(NC(=O)CCCc2cccc(C3(C(=O)O[C@H]4CN5CCC4CC5)CCCCC3)c2)c(Cl)cc1CNC[C@H](O[Si](C)(C)C(C)(C)C)c1ccc(O)c2[nH]c(=O)ccc12. The van der Waals surface area contributed by atoms with Crippen molar-refractivity contribution in [3.63, 3.8) is 0 Å². The smallest absolute Gasteiger partial charge is 0.316 e. The van der Waals surface area contributed by atoms with Crippen molar-refractivity contribution in [3.05, 3.63) is 98.3 Å². The minimum Gasteiger partial charge on any atom is -0.506 e. The summed E-state index contributed by atoms with van der Waals surface area (Å²) in [6.07, 6.45) is 8.24. The van der Waals surface area contributed by atoms with Crippen LogP contribution < -0.4 is 20.9 Å². The van der Waals surface area contributed by atoms with Crippen LogP contribution in [0.15, 0.2) is 65.5 Å². The number of hydrogen-bond acceptors (Lipinski definition) is 9. The molecule has 3 aliphatic heterocycles. The molecule has 334 valence electrons. The molecule has 1 aromatic heterocycles. The summed E-state index contributed by atoms with van der Waals surface area (Å²) >= 11 is 6.80. The van der Waals surface area contributed by atoms with E-state index in [9.17, 15) is 19.5 Å². The number of H-pyrrole nitrogens is 1. The molecule has 0 radical (unpaired) electrons. The number of nitrogens with zero attached hydrogens (tertiary/aromatic N) is 1. The van der Waals surface area contributed by atoms with Crippen LogP contribution >= 0.6 is 11.6 Å². The molecule has 4 N–H and O–H groups in total. The third kappa shape index (κ3) is 10.3. The number of amides is 1. The molecule has 4 fully saturated rings. The Morgan fingerprint density at radius 2 is 1.79 bits per heavy atom. The highest BCUT2D eigenvalue weighted by molar-refractivity contribution is 6.74. The third-order valence-corrected chi connectivity index (χ3v) is 18.9. The van der Waals surface area contributed by atoms with Gasteiger partial charge in [0.25, 0.3) is 0 Å². The number of ether oxygens (including phenoxy) is 2. The summed E-state index contributed by atoms with van der Waals surface area (Å²) in [4.78, 5) is 44.7. The number of pyridine rings is 1. The van der Waals surface area contributed by atoms with Crippen LogP contribution in [0.4, 0.5) is 5.69 Å². The van der Waals surface area contributed by atoms with Gasteiger partial charge in [0.15, 0.2) is 8.32 Å². The Labute approximate surface area is 372 Å². The Morgan fingerprint density at radius 3 is 2.48 bits per heavy atom. The Bertz CT molecular complexity index is 2290. The molecule has 13 heteroatoms. The van der Waals surface area contributed by atoms with Crippen LogP contribution in [-0.2, 0) is 37.1 Å². The first-order chi connectivity index (χ1) is 29.6. The van der Waals surface area contributed by atoms with Gasteiger partial charge in [-0.15, -0.1) is 0 Å². The number of phenolic OH excluding ortho intramolecular Hbond substituents is 1. The van der Waals surface area contributed by atoms with Crippen molar-refractivity contribution in [3.8, 4) is 11.5 Å². The first-order valence-electron chi connectivity index (χ1n) is 22.5. The van der Waals surface area contributed by atoms with E-state index in [1.54, 1.807) is 25.3 Å². The van der Waals surface area contributed by atoms with Crippen LogP contribution in [0.25, 0.3) is 10.9 Å². The molecule has 0 spiro atoms. The van der Waals surface area contributed by atoms with Crippen molar-refractivity contribution in [2.75, 3.05) is 38.6 Å². The zero-order valence-electron chi connectivity index (χ0n) is 37.3. The molecular weight excluding hydrogens is 820 g/mol. The number of carbonyl (C=O) groups excluding carboxylic acids is 2. The molecule has 3 aromatic carbocycles. The fourth-order valence-electron chi connectivity index (χ4n) is 9.39. The molecule has 8 rings (SSSR count). The molecule has 1 saturated carbocycles. The number of methoxy groups -OCH3 is 1. The summed E-state index contributed by atoms with van der Waals surface area (Å²) in [5.74, 6) is 0.851. The lowest BCUT2D eigenvalue weighted by molar-refractivity contribution is -0.167. The second-order valence-corrected chi connectivity index (χ2v) is 24.4. The van der Waals surface area contributed by atoms with E-state index < -0.39 is 19.8 Å². The topological polar surface area (TPSA) is 142 Å². The molecule has 11 nitrogen and oxygen atoms in total. The summed E-state index contributed by atoms with van der Waals surface area (Å²) in [5.41, 5.74) is 3.77. The number of rotatable bonds is 16. The van der Waals surface area contributed by atoms with Crippen LogP contribution in [-0.4, -0.2) is 74.6 Å². The highest BCUT2D eigenvalue weighted by Crippen LogP contribution is 2.44. The maximum atomic E-state index is 14.1. The fraction of sp³-hybridized carbons (Fsp3) is 0.531. The number of carbonyl (C=O) groups is 2. The fourth-order valence-corrected chi connectivity index (χ4v) is 10.9. The lowest BCUT2D eigenvalue weighted by atomic mass is 9.69. The number of phenols is 1. The quantitative estimate of drug-likeness (QED) is 0.0640. The van der Waals surface area contributed by atoms with Crippen LogP contribution in [0.2, 0.25) is 23.2 Å². The number of nitrogens with one attached hydrogen (secondary N) is 3. The number of aromatic hydroxyl groups is 1. The minimum atomic E-state index is -2.28. The molecule has 1 amide bonds. The monoisotopic (exact) mass is 884 g/mol. The van der Waals surface area contributed by atoms with E-state index in [0.717, 1.165) is 86.8 Å². The second-order valence-electron chi connectivity index (χ2n) is 19.3. The van der Waals surface area contributed by atoms with Crippen molar-refractivity contribution in [1.82, 2.24) is 15.2 Å². The third-order valence-electron chi connectivity index (χ3n) is 14.1. The predicted molar refractivity (Wildman–Crippen MR) is 249 cm³/mol. The molecule has 62 heavy (non-hydrogen) atoms. The number of benzene rings is 3. The van der Waals surface area contributed by atoms with Crippen molar-refractivity contribution in [1.29, 1.82) is 0 Å². The second kappa shape index (κ2) is 19.3. The highest BCUT2D eigenvalue weighted by Gasteiger charge is 2.46. The van der Waals surface area contributed by atoms with Crippen LogP contribution in [0.3, 0.4) is 0 Å². The number of anilines is 1. The summed E-state index contributed by atoms with van der Waals surface area (Å²) in [6, 6.07) is 18.6. The van der Waals surface area contributed by atoms with E-state index in [4.69, 9.17) is 25.5 Å². The van der Waals surface area contributed by atoms with Crippen molar-refractivity contribution in [2.45, 2.75) is 127 Å². The van der Waals surface area contributed by atoms with E-state index in [2.05, 4.69) is 72.6 Å². The normalized spacial score (nSPS) is 20.5. The Morgan fingerprint density at radius 1 is 1.03 bits per heavy atom. The molecular formula is C49H65ClN4O7Si. The zero-order valence-corrected chi connectivity index (χ0v) is 39.1. The van der Waals surface area contributed by atoms with Gasteiger partial charge in [-0.3, -0.25) is 19.3 Å². The van der Waals surface area contributed by atoms with Crippen LogP contribution in [0.1, 0.15) is 107 Å². The number of fused-ring (bicyclic) bond motifs is 4. The lowest BCUT2D eigenvalue weighted by Gasteiger charge is -2.45. The van der Waals surface area contributed by atoms with Crippen molar-refractivity contribution in [2.24, 2.45) is 5.92 Å². The molecule has 1 aliphatic carbocycles. The number of aromatic amines is 1. The molecule has 2 atom stereocenters. The number of aryl methyl sites for hydroxylation is 1. The van der Waals surface area contributed by atoms with Gasteiger partial charge in [-0.05, 0) is 111 Å². The first kappa shape index (κ1) is 45.8. The molecule has 4 aromatic rings. The van der Waals surface area contributed by atoms with E-state index in [-0.39, 0.29) is 34.3 Å². The van der Waals surface area contributed by atoms with Gasteiger partial charge in [0.05, 0.1) is 34.9 Å². The standard InChI is InChI=1S/C49H65ClN4O7Si/c1-48(2,3)62(5,6)61-42(36-16-18-40(55)46-37(36)17-19-45(57)53-46)30-51-29-34-27-38(50)39(28-41(34)59-4)52-44(56)15-11-13-32-12-10-14-35(26-32)49(22-8-7-9-23-49)47(58)60-43-31-54-24-20-33(43)21-25-54/h10,12,14,16-19,26-28,33,42-43,51,55H,7-9,11,13,15,20-25,29-31H2,1-6H3,(H,52,56)(H,53,57)/t42-,43-/m0/s1. The van der Waals surface area contributed by atoms with E-state index >= 15 is 0 Å². The summed E-state index contributed by atoms with van der Waals surface area (Å²) in [7, 11) is -0.685. The maximum absolute atomic E-state index is 14.1. The number of hydrogen-bond donors (Lipinski definition) is 4. The average Bonchev–Trinajstić information content (AvgIpc) is 3.25. The summed E-state index contributed by atoms with van der Waals surface area (Å²) in [5, 5.41) is 18.2. The van der Waals surface area contributed by atoms with Gasteiger partial charge in [0.2, 0.25) is 11.5 Å². The van der Waals surface area contributed by atoms with Gasteiger partial charge in [0.1, 0.15) is 17.6 Å². The molecule has 0 unspecified atom stereocenters. The zero-order chi connectivity index (χ0) is 44.2. The van der Waals surface area contributed by atoms with Crippen molar-refractivity contribution >= 4 is 48.4 Å². The molecule has 3 saturated heterocycles. The lowest BCUT2D eigenvalue weighted by Crippen LogP contribution is -2.53. The first-order valence-corrected chi connectivity index (χ1v) is 25.8. The highest BCUT2D eigenvalue weighted by atomic mass is 35.5. The Balaban J connectivity index is 0.972. The van der Waals surface area contributed by atoms with E-state index in [1.807, 2.05) is 18.2 Å². The Kier molecular flexibility index (Phi) is 14.2. The predicted octanol–water partition coefficient (Wildman–Crippen LogP) is 9.55.